The summed E-state index contributed by atoms with van der Waals surface area (Å²) in [5.74, 6) is 0.894. The molecule has 0 bridgehead atoms. The van der Waals surface area contributed by atoms with Crippen LogP contribution in [-0.2, 0) is 4.79 Å². The van der Waals surface area contributed by atoms with Crippen molar-refractivity contribution in [3.05, 3.63) is 0 Å². The zero-order chi connectivity index (χ0) is 10.5. The summed E-state index contributed by atoms with van der Waals surface area (Å²) in [4.78, 5) is 11.7. The molecule has 0 aliphatic heterocycles. The molecule has 0 radical (unpaired) electrons. The van der Waals surface area contributed by atoms with Crippen LogP contribution in [0.4, 0.5) is 0 Å². The third-order valence-electron chi connectivity index (χ3n) is 4.50. The molecule has 0 aromatic carbocycles. The van der Waals surface area contributed by atoms with Crippen molar-refractivity contribution in [1.29, 1.82) is 0 Å². The molecular formula is C12H19NO2. The molecule has 84 valence electrons. The largest absolute Gasteiger partial charge is 0.388 e. The van der Waals surface area contributed by atoms with E-state index in [1.165, 1.54) is 6.42 Å². The first-order valence-corrected chi connectivity index (χ1v) is 6.15. The highest BCUT2D eigenvalue weighted by Gasteiger charge is 2.74. The zero-order valence-corrected chi connectivity index (χ0v) is 9.09. The second kappa shape index (κ2) is 2.97. The molecule has 0 atom stereocenters. The number of fused-ring (bicyclic) bond motifs is 1. The summed E-state index contributed by atoms with van der Waals surface area (Å²) in [5.41, 5.74) is -0.561. The summed E-state index contributed by atoms with van der Waals surface area (Å²) >= 11 is 0. The number of amides is 1. The standard InChI is InChI=1S/C12H19NO2/c14-10(12-6-9(12)7-12)13-8-11(15)4-2-1-3-5-11/h9,15H,1-8H2,(H,13,14). The first-order chi connectivity index (χ1) is 7.15. The fourth-order valence-electron chi connectivity index (χ4n) is 2.88. The van der Waals surface area contributed by atoms with Crippen LogP contribution < -0.4 is 5.32 Å². The molecule has 3 heteroatoms. The van der Waals surface area contributed by atoms with Crippen molar-refractivity contribution < 1.29 is 9.90 Å². The monoisotopic (exact) mass is 209 g/mol. The van der Waals surface area contributed by atoms with E-state index in [0.29, 0.717) is 12.5 Å². The fourth-order valence-corrected chi connectivity index (χ4v) is 2.88. The van der Waals surface area contributed by atoms with E-state index in [0.717, 1.165) is 38.5 Å². The molecule has 15 heavy (non-hydrogen) atoms. The molecule has 3 aliphatic carbocycles. The van der Waals surface area contributed by atoms with Crippen LogP contribution in [0.15, 0.2) is 0 Å². The van der Waals surface area contributed by atoms with E-state index in [2.05, 4.69) is 5.32 Å². The van der Waals surface area contributed by atoms with Crippen molar-refractivity contribution in [3.63, 3.8) is 0 Å². The lowest BCUT2D eigenvalue weighted by Crippen LogP contribution is -2.45. The summed E-state index contributed by atoms with van der Waals surface area (Å²) in [6, 6.07) is 0. The van der Waals surface area contributed by atoms with Crippen molar-refractivity contribution in [3.8, 4) is 0 Å². The Bertz CT molecular complexity index is 288. The minimum atomic E-state index is -0.607. The van der Waals surface area contributed by atoms with Gasteiger partial charge in [-0.05, 0) is 31.6 Å². The zero-order valence-electron chi connectivity index (χ0n) is 9.09. The van der Waals surface area contributed by atoms with Gasteiger partial charge in [-0.3, -0.25) is 4.79 Å². The van der Waals surface area contributed by atoms with Gasteiger partial charge in [0.15, 0.2) is 0 Å². The Balaban J connectivity index is 1.50. The van der Waals surface area contributed by atoms with Crippen LogP contribution in [0.1, 0.15) is 44.9 Å². The van der Waals surface area contributed by atoms with E-state index in [4.69, 9.17) is 0 Å². The van der Waals surface area contributed by atoms with Gasteiger partial charge in [-0.25, -0.2) is 0 Å². The topological polar surface area (TPSA) is 49.3 Å². The number of carbonyl (C=O) groups is 1. The number of carbonyl (C=O) groups excluding carboxylic acids is 1. The van der Waals surface area contributed by atoms with E-state index in [-0.39, 0.29) is 11.3 Å². The smallest absolute Gasteiger partial charge is 0.226 e. The third-order valence-corrected chi connectivity index (χ3v) is 4.50. The predicted molar refractivity (Wildman–Crippen MR) is 56.2 cm³/mol. The average molecular weight is 209 g/mol. The molecule has 3 aliphatic rings. The Morgan fingerprint density at radius 3 is 2.40 bits per heavy atom. The second-order valence-electron chi connectivity index (χ2n) is 5.73. The molecule has 0 spiro atoms. The number of aliphatic hydroxyl groups is 1. The lowest BCUT2D eigenvalue weighted by Gasteiger charge is -2.32. The molecule has 0 saturated heterocycles. The summed E-state index contributed by atoms with van der Waals surface area (Å²) < 4.78 is 0. The normalized spacial score (nSPS) is 40.5. The number of rotatable bonds is 3. The van der Waals surface area contributed by atoms with Crippen molar-refractivity contribution in [1.82, 2.24) is 5.32 Å². The van der Waals surface area contributed by atoms with Crippen molar-refractivity contribution in [2.45, 2.75) is 50.5 Å². The molecular weight excluding hydrogens is 190 g/mol. The van der Waals surface area contributed by atoms with Crippen LogP contribution in [0.3, 0.4) is 0 Å². The summed E-state index contributed by atoms with van der Waals surface area (Å²) in [6.45, 7) is 0.473. The Hall–Kier alpha value is -0.570. The number of nitrogens with one attached hydrogen (secondary N) is 1. The maximum absolute atomic E-state index is 11.7. The van der Waals surface area contributed by atoms with Crippen LogP contribution >= 0.6 is 0 Å². The van der Waals surface area contributed by atoms with Gasteiger partial charge in [0.25, 0.3) is 0 Å². The van der Waals surface area contributed by atoms with Gasteiger partial charge in [0.1, 0.15) is 0 Å². The van der Waals surface area contributed by atoms with Gasteiger partial charge in [0.05, 0.1) is 11.0 Å². The highest BCUT2D eigenvalue weighted by atomic mass is 16.3. The molecule has 0 heterocycles. The van der Waals surface area contributed by atoms with Crippen LogP contribution in [-0.4, -0.2) is 23.2 Å². The van der Waals surface area contributed by atoms with Crippen LogP contribution in [0.25, 0.3) is 0 Å². The minimum absolute atomic E-state index is 0.0467. The van der Waals surface area contributed by atoms with Crippen molar-refractivity contribution >= 4 is 5.91 Å². The minimum Gasteiger partial charge on any atom is -0.388 e. The lowest BCUT2D eigenvalue weighted by atomic mass is 9.85. The molecule has 1 amide bonds. The lowest BCUT2D eigenvalue weighted by molar-refractivity contribution is -0.125. The maximum Gasteiger partial charge on any atom is 0.226 e. The Morgan fingerprint density at radius 2 is 1.87 bits per heavy atom. The molecule has 0 aromatic rings. The number of hydrogen-bond acceptors (Lipinski definition) is 2. The molecule has 0 unspecified atom stereocenters. The second-order valence-corrected chi connectivity index (χ2v) is 5.73. The molecule has 3 fully saturated rings. The van der Waals surface area contributed by atoms with E-state index in [9.17, 15) is 9.90 Å². The van der Waals surface area contributed by atoms with Gasteiger partial charge in [0.2, 0.25) is 5.91 Å². The first-order valence-electron chi connectivity index (χ1n) is 6.15. The Kier molecular flexibility index (Phi) is 1.91. The van der Waals surface area contributed by atoms with Gasteiger partial charge in [-0.15, -0.1) is 0 Å². The van der Waals surface area contributed by atoms with E-state index >= 15 is 0 Å². The van der Waals surface area contributed by atoms with Crippen LogP contribution in [0.5, 0.6) is 0 Å². The molecule has 3 rings (SSSR count). The van der Waals surface area contributed by atoms with Gasteiger partial charge >= 0.3 is 0 Å². The van der Waals surface area contributed by atoms with Crippen LogP contribution in [0, 0.1) is 11.3 Å². The molecule has 0 aromatic heterocycles. The van der Waals surface area contributed by atoms with Gasteiger partial charge in [-0.2, -0.15) is 0 Å². The van der Waals surface area contributed by atoms with Gasteiger partial charge < -0.3 is 10.4 Å². The Labute approximate surface area is 90.2 Å². The average Bonchev–Trinajstić information content (AvgIpc) is 3.03. The SMILES string of the molecule is O=C(NCC1(O)CCCCC1)C12CC1C2. The highest BCUT2D eigenvalue weighted by molar-refractivity contribution is 5.90. The highest BCUT2D eigenvalue weighted by Crippen LogP contribution is 2.75. The Morgan fingerprint density at radius 1 is 1.27 bits per heavy atom. The number of hydrogen-bond donors (Lipinski definition) is 2. The first kappa shape index (κ1) is 9.64. The maximum atomic E-state index is 11.7. The fraction of sp³-hybridized carbons (Fsp3) is 0.917. The molecule has 2 N–H and O–H groups in total. The van der Waals surface area contributed by atoms with E-state index in [1.54, 1.807) is 0 Å². The third kappa shape index (κ3) is 1.57. The quantitative estimate of drug-likeness (QED) is 0.734. The van der Waals surface area contributed by atoms with E-state index in [1.807, 2.05) is 0 Å². The summed E-state index contributed by atoms with van der Waals surface area (Å²) in [6.07, 6.45) is 7.31. The van der Waals surface area contributed by atoms with E-state index < -0.39 is 5.60 Å². The molecule has 3 nitrogen and oxygen atoms in total. The molecule has 3 saturated carbocycles. The van der Waals surface area contributed by atoms with Crippen LogP contribution in [0.2, 0.25) is 0 Å². The van der Waals surface area contributed by atoms with Crippen molar-refractivity contribution in [2.75, 3.05) is 6.54 Å². The summed E-state index contributed by atoms with van der Waals surface area (Å²) in [5, 5.41) is 13.2. The van der Waals surface area contributed by atoms with Crippen molar-refractivity contribution in [2.24, 2.45) is 11.3 Å². The van der Waals surface area contributed by atoms with Gasteiger partial charge in [-0.1, -0.05) is 19.3 Å². The van der Waals surface area contributed by atoms with Gasteiger partial charge in [0, 0.05) is 6.54 Å². The summed E-state index contributed by atoms with van der Waals surface area (Å²) in [7, 11) is 0. The predicted octanol–water partition coefficient (Wildman–Crippen LogP) is 1.21.